The molecule has 1 aromatic heterocycles. The average molecular weight is 323 g/mol. The highest BCUT2D eigenvalue weighted by Gasteiger charge is 2.08. The largest absolute Gasteiger partial charge is 0.368 e. The third-order valence-electron chi connectivity index (χ3n) is 3.28. The van der Waals surface area contributed by atoms with Gasteiger partial charge >= 0.3 is 0 Å². The van der Waals surface area contributed by atoms with Crippen molar-refractivity contribution in [1.82, 2.24) is 5.32 Å². The predicted octanol–water partition coefficient (Wildman–Crippen LogP) is 4.78. The molecular weight excluding hydrogens is 300 g/mol. The molecular formula is C17H23ClN2S. The number of rotatable bonds is 7. The molecule has 0 aliphatic rings. The molecule has 21 heavy (non-hydrogen) atoms. The minimum absolute atomic E-state index is 0.664. The van der Waals surface area contributed by atoms with Gasteiger partial charge in [0.15, 0.2) is 0 Å². The van der Waals surface area contributed by atoms with Crippen molar-refractivity contribution in [3.8, 4) is 0 Å². The van der Waals surface area contributed by atoms with Crippen molar-refractivity contribution in [2.45, 2.75) is 26.9 Å². The van der Waals surface area contributed by atoms with Gasteiger partial charge in [-0.25, -0.2) is 0 Å². The zero-order chi connectivity index (χ0) is 15.2. The Bertz CT molecular complexity index is 552. The summed E-state index contributed by atoms with van der Waals surface area (Å²) >= 11 is 8.21. The van der Waals surface area contributed by atoms with Crippen molar-refractivity contribution in [3.05, 3.63) is 51.2 Å². The molecule has 1 aromatic carbocycles. The summed E-state index contributed by atoms with van der Waals surface area (Å²) in [4.78, 5) is 3.54. The van der Waals surface area contributed by atoms with E-state index < -0.39 is 0 Å². The van der Waals surface area contributed by atoms with Gasteiger partial charge in [-0.15, -0.1) is 11.3 Å². The van der Waals surface area contributed by atoms with Gasteiger partial charge in [0, 0.05) is 18.5 Å². The number of nitrogens with zero attached hydrogens (tertiary/aromatic N) is 1. The van der Waals surface area contributed by atoms with E-state index in [1.165, 1.54) is 10.4 Å². The number of hydrogen-bond donors (Lipinski definition) is 1. The van der Waals surface area contributed by atoms with Crippen LogP contribution in [0.25, 0.3) is 0 Å². The number of thiophene rings is 1. The summed E-state index contributed by atoms with van der Waals surface area (Å²) in [5, 5.41) is 6.37. The van der Waals surface area contributed by atoms with Crippen LogP contribution in [0.15, 0.2) is 35.7 Å². The third-order valence-corrected chi connectivity index (χ3v) is 4.44. The van der Waals surface area contributed by atoms with Crippen molar-refractivity contribution in [3.63, 3.8) is 0 Å². The van der Waals surface area contributed by atoms with Crippen molar-refractivity contribution in [1.29, 1.82) is 0 Å². The number of anilines is 1. The van der Waals surface area contributed by atoms with Crippen LogP contribution in [-0.4, -0.2) is 13.6 Å². The summed E-state index contributed by atoms with van der Waals surface area (Å²) in [6, 6.07) is 10.6. The second kappa shape index (κ2) is 7.83. The second-order valence-corrected chi connectivity index (χ2v) is 7.19. The zero-order valence-corrected chi connectivity index (χ0v) is 14.5. The van der Waals surface area contributed by atoms with Gasteiger partial charge in [-0.3, -0.25) is 0 Å². The van der Waals surface area contributed by atoms with Crippen molar-refractivity contribution < 1.29 is 0 Å². The van der Waals surface area contributed by atoms with E-state index in [0.717, 1.165) is 30.3 Å². The Hall–Kier alpha value is -1.03. The van der Waals surface area contributed by atoms with Crippen LogP contribution in [0.1, 0.15) is 24.3 Å². The van der Waals surface area contributed by atoms with Crippen LogP contribution in [0.4, 0.5) is 5.69 Å². The van der Waals surface area contributed by atoms with Crippen molar-refractivity contribution in [2.75, 3.05) is 18.5 Å². The molecule has 0 atom stereocenters. The van der Waals surface area contributed by atoms with Crippen LogP contribution in [0.5, 0.6) is 0 Å². The molecule has 1 N–H and O–H groups in total. The van der Waals surface area contributed by atoms with Crippen LogP contribution in [-0.2, 0) is 13.1 Å². The van der Waals surface area contributed by atoms with Crippen molar-refractivity contribution in [2.24, 2.45) is 5.92 Å². The monoisotopic (exact) mass is 322 g/mol. The molecule has 1 heterocycles. The third kappa shape index (κ3) is 5.03. The van der Waals surface area contributed by atoms with Gasteiger partial charge in [0.05, 0.1) is 17.3 Å². The lowest BCUT2D eigenvalue weighted by molar-refractivity contribution is 0.552. The fourth-order valence-corrected chi connectivity index (χ4v) is 3.30. The summed E-state index contributed by atoms with van der Waals surface area (Å²) < 4.78 is 0. The van der Waals surface area contributed by atoms with E-state index in [0.29, 0.717) is 5.92 Å². The number of benzene rings is 1. The van der Waals surface area contributed by atoms with Gasteiger partial charge in [-0.1, -0.05) is 37.6 Å². The van der Waals surface area contributed by atoms with E-state index >= 15 is 0 Å². The topological polar surface area (TPSA) is 15.3 Å². The molecule has 0 fully saturated rings. The molecule has 0 bridgehead atoms. The minimum Gasteiger partial charge on any atom is -0.368 e. The minimum atomic E-state index is 0.664. The van der Waals surface area contributed by atoms with Crippen LogP contribution >= 0.6 is 22.9 Å². The standard InChI is InChI=1S/C17H23ClN2S/c1-13(2)10-19-11-14-6-7-17(16(18)9-14)20(3)12-15-5-4-8-21-15/h4-9,13,19H,10-12H2,1-3H3. The summed E-state index contributed by atoms with van der Waals surface area (Å²) in [7, 11) is 2.08. The molecule has 4 heteroatoms. The average Bonchev–Trinajstić information content (AvgIpc) is 2.91. The Morgan fingerprint density at radius 2 is 2.10 bits per heavy atom. The molecule has 2 aromatic rings. The lowest BCUT2D eigenvalue weighted by Gasteiger charge is -2.20. The highest BCUT2D eigenvalue weighted by molar-refractivity contribution is 7.09. The van der Waals surface area contributed by atoms with E-state index in [9.17, 15) is 0 Å². The summed E-state index contributed by atoms with van der Waals surface area (Å²) in [6.45, 7) is 7.21. The molecule has 0 radical (unpaired) electrons. The first-order valence-electron chi connectivity index (χ1n) is 7.29. The van der Waals surface area contributed by atoms with Crippen molar-refractivity contribution >= 4 is 28.6 Å². The molecule has 2 rings (SSSR count). The molecule has 0 aliphatic heterocycles. The van der Waals surface area contributed by atoms with Crippen LogP contribution in [0.2, 0.25) is 5.02 Å². The summed E-state index contributed by atoms with van der Waals surface area (Å²) in [6.07, 6.45) is 0. The first-order valence-corrected chi connectivity index (χ1v) is 8.54. The maximum Gasteiger partial charge on any atom is 0.0642 e. The number of hydrogen-bond acceptors (Lipinski definition) is 3. The van der Waals surface area contributed by atoms with E-state index in [1.54, 1.807) is 11.3 Å². The first kappa shape index (κ1) is 16.3. The number of nitrogens with one attached hydrogen (secondary N) is 1. The van der Waals surface area contributed by atoms with Gasteiger partial charge in [0.1, 0.15) is 0 Å². The second-order valence-electron chi connectivity index (χ2n) is 5.75. The molecule has 114 valence electrons. The van der Waals surface area contributed by atoms with Crippen LogP contribution in [0.3, 0.4) is 0 Å². The van der Waals surface area contributed by atoms with Gasteiger partial charge in [0.2, 0.25) is 0 Å². The van der Waals surface area contributed by atoms with Crippen LogP contribution in [0, 0.1) is 5.92 Å². The van der Waals surface area contributed by atoms with E-state index in [2.05, 4.69) is 66.8 Å². The van der Waals surface area contributed by atoms with Gasteiger partial charge < -0.3 is 10.2 Å². The highest BCUT2D eigenvalue weighted by atomic mass is 35.5. The van der Waals surface area contributed by atoms with E-state index in [4.69, 9.17) is 11.6 Å². The first-order chi connectivity index (χ1) is 10.1. The molecule has 2 nitrogen and oxygen atoms in total. The Balaban J connectivity index is 1.98. The predicted molar refractivity (Wildman–Crippen MR) is 94.4 cm³/mol. The highest BCUT2D eigenvalue weighted by Crippen LogP contribution is 2.27. The fourth-order valence-electron chi connectivity index (χ4n) is 2.20. The Morgan fingerprint density at radius 3 is 2.71 bits per heavy atom. The maximum atomic E-state index is 6.44. The fraction of sp³-hybridized carbons (Fsp3) is 0.412. The zero-order valence-electron chi connectivity index (χ0n) is 12.9. The van der Waals surface area contributed by atoms with Crippen LogP contribution < -0.4 is 10.2 Å². The molecule has 0 saturated carbocycles. The number of halogens is 1. The molecule has 0 aliphatic carbocycles. The SMILES string of the molecule is CC(C)CNCc1ccc(N(C)Cc2cccs2)c(Cl)c1. The lowest BCUT2D eigenvalue weighted by atomic mass is 10.1. The smallest absolute Gasteiger partial charge is 0.0642 e. The normalized spacial score (nSPS) is 11.1. The maximum absolute atomic E-state index is 6.44. The molecule has 0 spiro atoms. The molecule has 0 amide bonds. The quantitative estimate of drug-likeness (QED) is 0.789. The van der Waals surface area contributed by atoms with Gasteiger partial charge in [0.25, 0.3) is 0 Å². The van der Waals surface area contributed by atoms with E-state index in [-0.39, 0.29) is 0 Å². The summed E-state index contributed by atoms with van der Waals surface area (Å²) in [5.41, 5.74) is 2.31. The molecule has 0 saturated heterocycles. The Labute approximate surface area is 136 Å². The van der Waals surface area contributed by atoms with Gasteiger partial charge in [-0.2, -0.15) is 0 Å². The lowest BCUT2D eigenvalue weighted by Crippen LogP contribution is -2.19. The Morgan fingerprint density at radius 1 is 1.29 bits per heavy atom. The molecule has 0 unspecified atom stereocenters. The summed E-state index contributed by atoms with van der Waals surface area (Å²) in [5.74, 6) is 0.664. The Kier molecular flexibility index (Phi) is 6.09. The van der Waals surface area contributed by atoms with Gasteiger partial charge in [-0.05, 0) is 41.6 Å². The van der Waals surface area contributed by atoms with E-state index in [1.807, 2.05) is 0 Å².